The van der Waals surface area contributed by atoms with E-state index in [0.717, 1.165) is 35.4 Å². The molecule has 0 fully saturated rings. The Kier molecular flexibility index (Phi) is 8.88. The van der Waals surface area contributed by atoms with Gasteiger partial charge in [-0.2, -0.15) is 0 Å². The smallest absolute Gasteiger partial charge is 0.0465 e. The van der Waals surface area contributed by atoms with Gasteiger partial charge in [0.25, 0.3) is 0 Å². The number of hydrogen-bond donors (Lipinski definition) is 1. The summed E-state index contributed by atoms with van der Waals surface area (Å²) in [6, 6.07) is 7.12. The number of nitrogens with one attached hydrogen (secondary N) is 1. The van der Waals surface area contributed by atoms with Crippen LogP contribution in [0.3, 0.4) is 0 Å². The molecule has 0 saturated heterocycles. The van der Waals surface area contributed by atoms with E-state index >= 15 is 0 Å². The van der Waals surface area contributed by atoms with Crippen LogP contribution in [-0.2, 0) is 0 Å². The third-order valence-corrected chi connectivity index (χ3v) is 4.91. The molecule has 1 aromatic rings. The number of nitrogens with zero attached hydrogens (tertiary/aromatic N) is 1. The van der Waals surface area contributed by atoms with Crippen molar-refractivity contribution in [2.45, 2.75) is 52.1 Å². The number of rotatable bonds is 9. The molecule has 120 valence electrons. The Morgan fingerprint density at radius 3 is 2.62 bits per heavy atom. The summed E-state index contributed by atoms with van der Waals surface area (Å²) in [6.45, 7) is 8.80. The first-order chi connectivity index (χ1) is 9.99. The molecule has 1 N–H and O–H groups in total. The van der Waals surface area contributed by atoms with Crippen molar-refractivity contribution in [3.05, 3.63) is 33.3 Å². The van der Waals surface area contributed by atoms with Crippen molar-refractivity contribution in [1.82, 2.24) is 10.2 Å². The van der Waals surface area contributed by atoms with Crippen LogP contribution < -0.4 is 5.32 Å². The van der Waals surface area contributed by atoms with E-state index in [1.165, 1.54) is 12.0 Å². The monoisotopic (exact) mass is 374 g/mol. The molecule has 0 saturated carbocycles. The van der Waals surface area contributed by atoms with Gasteiger partial charge in [-0.3, -0.25) is 0 Å². The van der Waals surface area contributed by atoms with Gasteiger partial charge in [-0.25, -0.2) is 0 Å². The second-order valence-electron chi connectivity index (χ2n) is 5.70. The van der Waals surface area contributed by atoms with E-state index in [0.29, 0.717) is 12.1 Å². The first-order valence-electron chi connectivity index (χ1n) is 7.88. The first kappa shape index (κ1) is 19.0. The summed E-state index contributed by atoms with van der Waals surface area (Å²) >= 11 is 9.90. The largest absolute Gasteiger partial charge is 0.310 e. The highest BCUT2D eigenvalue weighted by Gasteiger charge is 2.16. The molecule has 0 radical (unpaired) electrons. The Morgan fingerprint density at radius 2 is 2.05 bits per heavy atom. The Hall–Kier alpha value is -0.0900. The molecule has 0 aromatic heterocycles. The van der Waals surface area contributed by atoms with Gasteiger partial charge < -0.3 is 10.2 Å². The average Bonchev–Trinajstić information content (AvgIpc) is 2.47. The maximum Gasteiger partial charge on any atom is 0.0465 e. The lowest BCUT2D eigenvalue weighted by atomic mass is 10.0. The lowest BCUT2D eigenvalue weighted by molar-refractivity contribution is 0.237. The second-order valence-corrected chi connectivity index (χ2v) is 7.02. The van der Waals surface area contributed by atoms with Crippen LogP contribution in [-0.4, -0.2) is 31.1 Å². The van der Waals surface area contributed by atoms with Gasteiger partial charge >= 0.3 is 0 Å². The van der Waals surface area contributed by atoms with Crippen LogP contribution in [0.1, 0.15) is 51.6 Å². The predicted octanol–water partition coefficient (Wildman–Crippen LogP) is 5.26. The molecule has 0 aliphatic heterocycles. The molecule has 2 nitrogen and oxygen atoms in total. The van der Waals surface area contributed by atoms with Gasteiger partial charge in [-0.1, -0.05) is 47.4 Å². The van der Waals surface area contributed by atoms with Crippen LogP contribution in [0.4, 0.5) is 0 Å². The summed E-state index contributed by atoms with van der Waals surface area (Å²) in [4.78, 5) is 2.42. The van der Waals surface area contributed by atoms with Crippen LogP contribution in [0.25, 0.3) is 0 Å². The van der Waals surface area contributed by atoms with Crippen molar-refractivity contribution in [2.75, 3.05) is 20.1 Å². The van der Waals surface area contributed by atoms with Gasteiger partial charge in [-0.05, 0) is 64.0 Å². The van der Waals surface area contributed by atoms with Gasteiger partial charge in [0, 0.05) is 21.6 Å². The maximum absolute atomic E-state index is 6.42. The second kappa shape index (κ2) is 9.83. The van der Waals surface area contributed by atoms with E-state index in [4.69, 9.17) is 11.6 Å². The average molecular weight is 376 g/mol. The summed E-state index contributed by atoms with van der Waals surface area (Å²) in [5.41, 5.74) is 1.20. The summed E-state index contributed by atoms with van der Waals surface area (Å²) in [5, 5.41) is 4.47. The Morgan fingerprint density at radius 1 is 1.33 bits per heavy atom. The number of hydrogen-bond acceptors (Lipinski definition) is 2. The fourth-order valence-corrected chi connectivity index (χ4v) is 3.14. The van der Waals surface area contributed by atoms with Crippen molar-refractivity contribution >= 4 is 27.5 Å². The van der Waals surface area contributed by atoms with Gasteiger partial charge in [0.1, 0.15) is 0 Å². The van der Waals surface area contributed by atoms with Crippen molar-refractivity contribution in [2.24, 2.45) is 0 Å². The normalized spacial score (nSPS) is 14.4. The molecule has 4 heteroatoms. The fourth-order valence-electron chi connectivity index (χ4n) is 2.33. The van der Waals surface area contributed by atoms with Gasteiger partial charge in [0.2, 0.25) is 0 Å². The summed E-state index contributed by atoms with van der Waals surface area (Å²) in [7, 11) is 2.20. The molecule has 1 aromatic carbocycles. The number of halogens is 2. The molecule has 0 aliphatic carbocycles. The molecule has 2 atom stereocenters. The zero-order valence-electron chi connectivity index (χ0n) is 13.6. The van der Waals surface area contributed by atoms with E-state index in [1.54, 1.807) is 0 Å². The van der Waals surface area contributed by atoms with Crippen LogP contribution in [0.15, 0.2) is 22.7 Å². The zero-order valence-corrected chi connectivity index (χ0v) is 16.0. The summed E-state index contributed by atoms with van der Waals surface area (Å²) < 4.78 is 1.03. The van der Waals surface area contributed by atoms with Crippen LogP contribution in [0.2, 0.25) is 5.02 Å². The minimum atomic E-state index is 0.317. The molecule has 0 aliphatic rings. The molecule has 21 heavy (non-hydrogen) atoms. The quantitative estimate of drug-likeness (QED) is 0.633. The standard InChI is InChI=1S/C17H28BrClN2/c1-5-10-20-17(9-11-21(4)13(3)6-2)15-8-7-14(18)12-16(15)19/h7-8,12-13,17,20H,5-6,9-11H2,1-4H3. The van der Waals surface area contributed by atoms with E-state index in [2.05, 4.69) is 66.1 Å². The molecule has 0 amide bonds. The Labute approximate surface area is 143 Å². The molecular formula is C17H28BrClN2. The highest BCUT2D eigenvalue weighted by Crippen LogP contribution is 2.28. The molecule has 2 unspecified atom stereocenters. The minimum Gasteiger partial charge on any atom is -0.310 e. The predicted molar refractivity (Wildman–Crippen MR) is 97.2 cm³/mol. The molecule has 1 rings (SSSR count). The van der Waals surface area contributed by atoms with Gasteiger partial charge in [-0.15, -0.1) is 0 Å². The maximum atomic E-state index is 6.42. The van der Waals surface area contributed by atoms with Crippen LogP contribution in [0.5, 0.6) is 0 Å². The van der Waals surface area contributed by atoms with E-state index in [1.807, 2.05) is 6.07 Å². The highest BCUT2D eigenvalue weighted by atomic mass is 79.9. The minimum absolute atomic E-state index is 0.317. The first-order valence-corrected chi connectivity index (χ1v) is 9.05. The SMILES string of the molecule is CCCNC(CCN(C)C(C)CC)c1ccc(Br)cc1Cl. The third kappa shape index (κ3) is 6.27. The topological polar surface area (TPSA) is 15.3 Å². The number of benzene rings is 1. The Bertz CT molecular complexity index is 425. The fraction of sp³-hybridized carbons (Fsp3) is 0.647. The molecular weight excluding hydrogens is 348 g/mol. The van der Waals surface area contributed by atoms with Gasteiger partial charge in [0.15, 0.2) is 0 Å². The van der Waals surface area contributed by atoms with Crippen molar-refractivity contribution < 1.29 is 0 Å². The summed E-state index contributed by atoms with van der Waals surface area (Å²) in [6.07, 6.45) is 3.39. The molecule has 0 spiro atoms. The van der Waals surface area contributed by atoms with Gasteiger partial charge in [0.05, 0.1) is 0 Å². The van der Waals surface area contributed by atoms with Crippen molar-refractivity contribution in [3.63, 3.8) is 0 Å². The molecule has 0 heterocycles. The lowest BCUT2D eigenvalue weighted by Crippen LogP contribution is -2.32. The molecule has 0 bridgehead atoms. The summed E-state index contributed by atoms with van der Waals surface area (Å²) in [5.74, 6) is 0. The van der Waals surface area contributed by atoms with Crippen LogP contribution >= 0.6 is 27.5 Å². The van der Waals surface area contributed by atoms with Crippen molar-refractivity contribution in [1.29, 1.82) is 0 Å². The van der Waals surface area contributed by atoms with E-state index in [-0.39, 0.29) is 0 Å². The lowest BCUT2D eigenvalue weighted by Gasteiger charge is -2.27. The van der Waals surface area contributed by atoms with E-state index < -0.39 is 0 Å². The van der Waals surface area contributed by atoms with Crippen LogP contribution in [0, 0.1) is 0 Å². The van der Waals surface area contributed by atoms with E-state index in [9.17, 15) is 0 Å². The zero-order chi connectivity index (χ0) is 15.8. The van der Waals surface area contributed by atoms with Crippen molar-refractivity contribution in [3.8, 4) is 0 Å². The third-order valence-electron chi connectivity index (χ3n) is 4.09. The Balaban J connectivity index is 2.75. The highest BCUT2D eigenvalue weighted by molar-refractivity contribution is 9.10.